The number of benzene rings is 2. The lowest BCUT2D eigenvalue weighted by Crippen LogP contribution is -2.42. The maximum absolute atomic E-state index is 13.7. The highest BCUT2D eigenvalue weighted by molar-refractivity contribution is 5.98. The quantitative estimate of drug-likeness (QED) is 0.812. The van der Waals surface area contributed by atoms with Gasteiger partial charge in [-0.3, -0.25) is 10.1 Å². The molecule has 3 N–H and O–H groups in total. The summed E-state index contributed by atoms with van der Waals surface area (Å²) in [6, 6.07) is 12.1. The molecule has 23 heavy (non-hydrogen) atoms. The highest BCUT2D eigenvalue weighted by atomic mass is 19.1. The highest BCUT2D eigenvalue weighted by Gasteiger charge is 2.22. The maximum Gasteiger partial charge on any atom is 0.321 e. The number of hydrogen-bond donors (Lipinski definition) is 3. The topological polar surface area (TPSA) is 70.2 Å². The fraction of sp³-hybridized carbons (Fsp3) is 0.176. The smallest absolute Gasteiger partial charge is 0.321 e. The molecule has 0 aromatic heterocycles. The largest absolute Gasteiger partial charge is 0.370 e. The Balaban J connectivity index is 2.28. The number of rotatable bonds is 4. The molecule has 0 aliphatic rings. The minimum absolute atomic E-state index is 0.367. The number of urea groups is 1. The number of hydrogen-bond acceptors (Lipinski definition) is 3. The van der Waals surface area contributed by atoms with Crippen LogP contribution >= 0.6 is 0 Å². The van der Waals surface area contributed by atoms with Gasteiger partial charge in [-0.15, -0.1) is 0 Å². The molecule has 0 saturated heterocycles. The summed E-state index contributed by atoms with van der Waals surface area (Å²) in [5.74, 6) is -0.898. The number of carbonyl (C=O) groups excluding carboxylic acids is 2. The molecule has 6 heteroatoms. The van der Waals surface area contributed by atoms with E-state index in [0.29, 0.717) is 16.8 Å². The third-order valence-electron chi connectivity index (χ3n) is 3.34. The van der Waals surface area contributed by atoms with E-state index in [-0.39, 0.29) is 5.82 Å². The van der Waals surface area contributed by atoms with E-state index >= 15 is 0 Å². The van der Waals surface area contributed by atoms with E-state index in [4.69, 9.17) is 0 Å². The zero-order valence-corrected chi connectivity index (χ0v) is 12.9. The average Bonchev–Trinajstić information content (AvgIpc) is 2.56. The molecule has 0 saturated carbocycles. The number of halogens is 1. The van der Waals surface area contributed by atoms with E-state index in [1.165, 1.54) is 13.1 Å². The van der Waals surface area contributed by atoms with Gasteiger partial charge < -0.3 is 10.6 Å². The molecule has 0 bridgehead atoms. The average molecular weight is 315 g/mol. The van der Waals surface area contributed by atoms with Gasteiger partial charge in [0.15, 0.2) is 0 Å². The van der Waals surface area contributed by atoms with E-state index in [1.54, 1.807) is 43.3 Å². The van der Waals surface area contributed by atoms with Crippen LogP contribution in [0.1, 0.15) is 17.2 Å². The molecule has 0 unspecified atom stereocenters. The Hall–Kier alpha value is -2.89. The van der Waals surface area contributed by atoms with Crippen molar-refractivity contribution in [3.8, 4) is 0 Å². The van der Waals surface area contributed by atoms with Crippen LogP contribution in [-0.4, -0.2) is 19.0 Å². The summed E-state index contributed by atoms with van der Waals surface area (Å²) in [6.45, 7) is 1.66. The van der Waals surface area contributed by atoms with Crippen molar-refractivity contribution in [2.75, 3.05) is 12.4 Å². The zero-order chi connectivity index (χ0) is 16.8. The molecule has 0 radical (unpaired) electrons. The molecule has 0 spiro atoms. The van der Waals surface area contributed by atoms with Gasteiger partial charge in [0.1, 0.15) is 11.9 Å². The van der Waals surface area contributed by atoms with Gasteiger partial charge in [0.2, 0.25) is 0 Å². The van der Waals surface area contributed by atoms with Crippen molar-refractivity contribution >= 4 is 17.6 Å². The van der Waals surface area contributed by atoms with Crippen LogP contribution in [0.25, 0.3) is 0 Å². The van der Waals surface area contributed by atoms with Gasteiger partial charge in [-0.05, 0) is 30.2 Å². The van der Waals surface area contributed by atoms with Gasteiger partial charge in [-0.1, -0.05) is 36.4 Å². The third-order valence-corrected chi connectivity index (χ3v) is 3.34. The molecule has 2 rings (SSSR count). The van der Waals surface area contributed by atoms with Crippen LogP contribution in [0.3, 0.4) is 0 Å². The molecule has 2 aromatic carbocycles. The van der Waals surface area contributed by atoms with Crippen molar-refractivity contribution in [3.05, 3.63) is 65.5 Å². The van der Waals surface area contributed by atoms with Gasteiger partial charge in [-0.2, -0.15) is 0 Å². The Labute approximate surface area is 133 Å². The van der Waals surface area contributed by atoms with Crippen molar-refractivity contribution in [2.45, 2.75) is 13.0 Å². The van der Waals surface area contributed by atoms with E-state index in [9.17, 15) is 14.0 Å². The lowest BCUT2D eigenvalue weighted by molar-refractivity contribution is -0.120. The van der Waals surface area contributed by atoms with E-state index in [1.807, 2.05) is 6.07 Å². The summed E-state index contributed by atoms with van der Waals surface area (Å²) >= 11 is 0. The molecule has 0 heterocycles. The van der Waals surface area contributed by atoms with Crippen molar-refractivity contribution in [1.82, 2.24) is 10.6 Å². The fourth-order valence-electron chi connectivity index (χ4n) is 2.04. The number of nitrogens with one attached hydrogen (secondary N) is 3. The van der Waals surface area contributed by atoms with Crippen molar-refractivity contribution < 1.29 is 14.0 Å². The normalized spacial score (nSPS) is 11.4. The highest BCUT2D eigenvalue weighted by Crippen LogP contribution is 2.21. The second-order valence-electron chi connectivity index (χ2n) is 5.02. The Morgan fingerprint density at radius 3 is 2.39 bits per heavy atom. The molecule has 5 nitrogen and oxygen atoms in total. The number of amides is 3. The van der Waals surface area contributed by atoms with Gasteiger partial charge in [0.05, 0.1) is 0 Å². The number of aryl methyl sites for hydroxylation is 1. The van der Waals surface area contributed by atoms with Crippen LogP contribution < -0.4 is 16.0 Å². The predicted molar refractivity (Wildman–Crippen MR) is 86.5 cm³/mol. The first-order valence-electron chi connectivity index (χ1n) is 7.11. The lowest BCUT2D eigenvalue weighted by Gasteiger charge is -2.19. The number of imide groups is 1. The molecule has 1 atom stereocenters. The SMILES string of the molecule is CNC(=O)NC(=O)[C@@H](Nc1ccc(C)c(F)c1)c1ccccc1. The summed E-state index contributed by atoms with van der Waals surface area (Å²) in [4.78, 5) is 23.7. The minimum atomic E-state index is -0.824. The molecule has 0 fully saturated rings. The first-order valence-corrected chi connectivity index (χ1v) is 7.11. The van der Waals surface area contributed by atoms with Gasteiger partial charge >= 0.3 is 6.03 Å². The summed E-state index contributed by atoms with van der Waals surface area (Å²) in [5, 5.41) is 7.51. The molecule has 120 valence electrons. The minimum Gasteiger partial charge on any atom is -0.370 e. The van der Waals surface area contributed by atoms with Crippen LogP contribution in [-0.2, 0) is 4.79 Å². The first kappa shape index (κ1) is 16.5. The molecule has 0 aliphatic carbocycles. The van der Waals surface area contributed by atoms with Crippen LogP contribution in [0.15, 0.2) is 48.5 Å². The fourth-order valence-corrected chi connectivity index (χ4v) is 2.04. The van der Waals surface area contributed by atoms with E-state index in [0.717, 1.165) is 0 Å². The number of carbonyl (C=O) groups is 2. The van der Waals surface area contributed by atoms with Gasteiger partial charge in [0.25, 0.3) is 5.91 Å². The van der Waals surface area contributed by atoms with Crippen molar-refractivity contribution in [3.63, 3.8) is 0 Å². The second kappa shape index (κ2) is 7.40. The van der Waals surface area contributed by atoms with Crippen LogP contribution in [0.4, 0.5) is 14.9 Å². The number of anilines is 1. The van der Waals surface area contributed by atoms with Gasteiger partial charge in [-0.25, -0.2) is 9.18 Å². The molecule has 0 aliphatic heterocycles. The predicted octanol–water partition coefficient (Wildman–Crippen LogP) is 2.74. The van der Waals surface area contributed by atoms with Crippen LogP contribution in [0, 0.1) is 12.7 Å². The summed E-state index contributed by atoms with van der Waals surface area (Å²) in [7, 11) is 1.42. The van der Waals surface area contributed by atoms with Gasteiger partial charge in [0, 0.05) is 12.7 Å². The maximum atomic E-state index is 13.7. The van der Waals surface area contributed by atoms with E-state index < -0.39 is 18.0 Å². The third kappa shape index (κ3) is 4.29. The summed E-state index contributed by atoms with van der Waals surface area (Å²) in [6.07, 6.45) is 0. The summed E-state index contributed by atoms with van der Waals surface area (Å²) < 4.78 is 13.7. The monoisotopic (exact) mass is 315 g/mol. The van der Waals surface area contributed by atoms with Crippen molar-refractivity contribution in [2.24, 2.45) is 0 Å². The van der Waals surface area contributed by atoms with Crippen LogP contribution in [0.5, 0.6) is 0 Å². The molecular formula is C17H18FN3O2. The lowest BCUT2D eigenvalue weighted by atomic mass is 10.1. The Kier molecular flexibility index (Phi) is 5.30. The van der Waals surface area contributed by atoms with E-state index in [2.05, 4.69) is 16.0 Å². The second-order valence-corrected chi connectivity index (χ2v) is 5.02. The standard InChI is InChI=1S/C17H18FN3O2/c1-11-8-9-13(10-14(11)18)20-15(12-6-4-3-5-7-12)16(22)21-17(23)19-2/h3-10,15,20H,1-2H3,(H2,19,21,22,23)/t15-/m0/s1. The zero-order valence-electron chi connectivity index (χ0n) is 12.9. The first-order chi connectivity index (χ1) is 11.0. The Morgan fingerprint density at radius 1 is 1.09 bits per heavy atom. The Bertz CT molecular complexity index is 704. The summed E-state index contributed by atoms with van der Waals surface area (Å²) in [5.41, 5.74) is 1.63. The molecular weight excluding hydrogens is 297 g/mol. The van der Waals surface area contributed by atoms with Crippen molar-refractivity contribution in [1.29, 1.82) is 0 Å². The molecule has 3 amide bonds. The van der Waals surface area contributed by atoms with Crippen LogP contribution in [0.2, 0.25) is 0 Å². The molecule has 2 aromatic rings. The Morgan fingerprint density at radius 2 is 1.78 bits per heavy atom.